The van der Waals surface area contributed by atoms with Crippen molar-refractivity contribution >= 4 is 66.5 Å². The molecule has 0 saturated carbocycles. The van der Waals surface area contributed by atoms with E-state index >= 15 is 0 Å². The van der Waals surface area contributed by atoms with E-state index in [2.05, 4.69) is 42.2 Å². The number of aliphatic imine (C=N–C) groups is 1. The number of nitrogens with zero attached hydrogens (tertiary/aromatic N) is 1. The van der Waals surface area contributed by atoms with E-state index in [1.54, 1.807) is 0 Å². The SMILES string of the molecule is Cc1cc(N=C2NC(=O)/C(=C\c3cc4c(cc3Br)OCO4)S2)cc(C)c1Br. The molecule has 8 heteroatoms. The molecule has 0 atom stereocenters. The van der Waals surface area contributed by atoms with Crippen LogP contribution in [0.4, 0.5) is 5.69 Å². The van der Waals surface area contributed by atoms with Crippen molar-refractivity contribution in [3.8, 4) is 11.5 Å². The summed E-state index contributed by atoms with van der Waals surface area (Å²) in [7, 11) is 0. The molecule has 1 amide bonds. The van der Waals surface area contributed by atoms with Crippen molar-refractivity contribution < 1.29 is 14.3 Å². The Morgan fingerprint density at radius 3 is 2.48 bits per heavy atom. The number of aryl methyl sites for hydroxylation is 2. The molecular weight excluding hydrogens is 496 g/mol. The molecule has 4 rings (SSSR count). The fourth-order valence-electron chi connectivity index (χ4n) is 2.77. The van der Waals surface area contributed by atoms with Gasteiger partial charge in [-0.2, -0.15) is 0 Å². The van der Waals surface area contributed by atoms with E-state index < -0.39 is 0 Å². The van der Waals surface area contributed by atoms with E-state index in [1.165, 1.54) is 11.8 Å². The number of fused-ring (bicyclic) bond motifs is 1. The summed E-state index contributed by atoms with van der Waals surface area (Å²) >= 11 is 8.38. The van der Waals surface area contributed by atoms with Crippen LogP contribution in [0, 0.1) is 13.8 Å². The third kappa shape index (κ3) is 3.79. The number of thioether (sulfide) groups is 1. The second-order valence-electron chi connectivity index (χ2n) is 6.10. The fraction of sp³-hybridized carbons (Fsp3) is 0.158. The largest absolute Gasteiger partial charge is 0.454 e. The highest BCUT2D eigenvalue weighted by molar-refractivity contribution is 9.10. The quantitative estimate of drug-likeness (QED) is 0.547. The maximum atomic E-state index is 12.4. The molecule has 0 unspecified atom stereocenters. The molecule has 27 heavy (non-hydrogen) atoms. The Hall–Kier alpha value is -1.77. The number of amides is 1. The van der Waals surface area contributed by atoms with Gasteiger partial charge in [-0.05, 0) is 72.6 Å². The van der Waals surface area contributed by atoms with Crippen molar-refractivity contribution in [3.05, 3.63) is 54.8 Å². The Balaban J connectivity index is 1.62. The summed E-state index contributed by atoms with van der Waals surface area (Å²) < 4.78 is 12.7. The second-order valence-corrected chi connectivity index (χ2v) is 8.78. The van der Waals surface area contributed by atoms with Crippen molar-refractivity contribution in [1.29, 1.82) is 0 Å². The molecular formula is C19H14Br2N2O3S. The monoisotopic (exact) mass is 508 g/mol. The highest BCUT2D eigenvalue weighted by Gasteiger charge is 2.25. The topological polar surface area (TPSA) is 59.9 Å². The summed E-state index contributed by atoms with van der Waals surface area (Å²) in [5, 5.41) is 3.38. The zero-order valence-electron chi connectivity index (χ0n) is 14.4. The molecule has 0 aliphatic carbocycles. The van der Waals surface area contributed by atoms with Crippen LogP contribution in [0.25, 0.3) is 6.08 Å². The van der Waals surface area contributed by atoms with Crippen molar-refractivity contribution in [2.45, 2.75) is 13.8 Å². The molecule has 2 heterocycles. The summed E-state index contributed by atoms with van der Waals surface area (Å²) in [6.07, 6.45) is 1.81. The first-order chi connectivity index (χ1) is 12.9. The van der Waals surface area contributed by atoms with Crippen LogP contribution < -0.4 is 14.8 Å². The van der Waals surface area contributed by atoms with E-state index in [1.807, 2.05) is 44.2 Å². The van der Waals surface area contributed by atoms with Gasteiger partial charge < -0.3 is 14.8 Å². The molecule has 1 N–H and O–H groups in total. The number of ether oxygens (including phenoxy) is 2. The number of halogens is 2. The highest BCUT2D eigenvalue weighted by atomic mass is 79.9. The predicted molar refractivity (Wildman–Crippen MR) is 115 cm³/mol. The maximum absolute atomic E-state index is 12.4. The fourth-order valence-corrected chi connectivity index (χ4v) is 4.27. The first-order valence-corrected chi connectivity index (χ1v) is 10.5. The number of nitrogens with one attached hydrogen (secondary N) is 1. The molecule has 2 aromatic carbocycles. The molecule has 138 valence electrons. The van der Waals surface area contributed by atoms with E-state index in [0.29, 0.717) is 21.6 Å². The zero-order valence-corrected chi connectivity index (χ0v) is 18.4. The smallest absolute Gasteiger partial charge is 0.264 e. The van der Waals surface area contributed by atoms with Gasteiger partial charge >= 0.3 is 0 Å². The van der Waals surface area contributed by atoms with Gasteiger partial charge in [0.15, 0.2) is 16.7 Å². The summed E-state index contributed by atoms with van der Waals surface area (Å²) in [6.45, 7) is 4.24. The maximum Gasteiger partial charge on any atom is 0.264 e. The van der Waals surface area contributed by atoms with E-state index in [9.17, 15) is 4.79 Å². The van der Waals surface area contributed by atoms with Crippen LogP contribution in [0.5, 0.6) is 11.5 Å². The Labute approximate surface area is 177 Å². The molecule has 0 bridgehead atoms. The number of benzene rings is 2. The van der Waals surface area contributed by atoms with Gasteiger partial charge in [0.1, 0.15) is 0 Å². The number of carbonyl (C=O) groups excluding carboxylic acids is 1. The Kier molecular flexibility index (Phi) is 5.05. The van der Waals surface area contributed by atoms with Crippen LogP contribution in [0.15, 0.2) is 43.1 Å². The lowest BCUT2D eigenvalue weighted by Crippen LogP contribution is -2.19. The summed E-state index contributed by atoms with van der Waals surface area (Å²) in [5.74, 6) is 1.19. The molecule has 0 aromatic heterocycles. The molecule has 0 radical (unpaired) electrons. The molecule has 0 spiro atoms. The lowest BCUT2D eigenvalue weighted by molar-refractivity contribution is -0.115. The van der Waals surface area contributed by atoms with Crippen molar-refractivity contribution in [2.24, 2.45) is 4.99 Å². The molecule has 1 fully saturated rings. The second kappa shape index (κ2) is 7.33. The van der Waals surface area contributed by atoms with Gasteiger partial charge in [0.25, 0.3) is 5.91 Å². The molecule has 2 aliphatic heterocycles. The number of hydrogen-bond donors (Lipinski definition) is 1. The van der Waals surface area contributed by atoms with E-state index in [-0.39, 0.29) is 12.7 Å². The minimum absolute atomic E-state index is 0.172. The predicted octanol–water partition coefficient (Wildman–Crippen LogP) is 5.45. The van der Waals surface area contributed by atoms with Crippen molar-refractivity contribution in [3.63, 3.8) is 0 Å². The average molecular weight is 510 g/mol. The molecule has 2 aliphatic rings. The number of amidine groups is 1. The van der Waals surface area contributed by atoms with Gasteiger partial charge in [-0.1, -0.05) is 31.9 Å². The van der Waals surface area contributed by atoms with Crippen LogP contribution in [-0.2, 0) is 4.79 Å². The van der Waals surface area contributed by atoms with Gasteiger partial charge in [-0.3, -0.25) is 4.79 Å². The first kappa shape index (κ1) is 18.6. The van der Waals surface area contributed by atoms with Crippen LogP contribution in [0.1, 0.15) is 16.7 Å². The van der Waals surface area contributed by atoms with Crippen molar-refractivity contribution in [1.82, 2.24) is 5.32 Å². The van der Waals surface area contributed by atoms with Crippen LogP contribution in [0.3, 0.4) is 0 Å². The molecule has 2 aromatic rings. The lowest BCUT2D eigenvalue weighted by Gasteiger charge is -2.05. The third-order valence-electron chi connectivity index (χ3n) is 4.08. The molecule has 1 saturated heterocycles. The average Bonchev–Trinajstić information content (AvgIpc) is 3.19. The zero-order chi connectivity index (χ0) is 19.1. The van der Waals surface area contributed by atoms with E-state index in [4.69, 9.17) is 9.47 Å². The lowest BCUT2D eigenvalue weighted by atomic mass is 10.1. The minimum atomic E-state index is -0.172. The van der Waals surface area contributed by atoms with Gasteiger partial charge in [-0.15, -0.1) is 0 Å². The minimum Gasteiger partial charge on any atom is -0.454 e. The van der Waals surface area contributed by atoms with E-state index in [0.717, 1.165) is 31.3 Å². The summed E-state index contributed by atoms with van der Waals surface area (Å²) in [4.78, 5) is 17.5. The summed E-state index contributed by atoms with van der Waals surface area (Å²) in [5.41, 5.74) is 3.85. The van der Waals surface area contributed by atoms with Gasteiger partial charge in [0, 0.05) is 8.95 Å². The number of hydrogen-bond acceptors (Lipinski definition) is 5. The molecule has 5 nitrogen and oxygen atoms in total. The first-order valence-electron chi connectivity index (χ1n) is 8.06. The highest BCUT2D eigenvalue weighted by Crippen LogP contribution is 2.39. The van der Waals surface area contributed by atoms with Gasteiger partial charge in [0.2, 0.25) is 6.79 Å². The standard InChI is InChI=1S/C19H14Br2N2O3S/c1-9-3-12(4-10(2)17(9)21)22-19-23-18(24)16(27-19)6-11-5-14-15(7-13(11)20)26-8-25-14/h3-7H,8H2,1-2H3,(H,22,23,24)/b16-6+. The Bertz CT molecular complexity index is 1010. The van der Waals surface area contributed by atoms with Gasteiger partial charge in [0.05, 0.1) is 10.6 Å². The normalized spacial score (nSPS) is 18.4. The van der Waals surface area contributed by atoms with Crippen LogP contribution in [-0.4, -0.2) is 17.9 Å². The van der Waals surface area contributed by atoms with Crippen LogP contribution in [0.2, 0.25) is 0 Å². The Morgan fingerprint density at radius 2 is 1.78 bits per heavy atom. The summed E-state index contributed by atoms with van der Waals surface area (Å²) in [6, 6.07) is 7.65. The Morgan fingerprint density at radius 1 is 1.11 bits per heavy atom. The van der Waals surface area contributed by atoms with Crippen molar-refractivity contribution in [2.75, 3.05) is 6.79 Å². The third-order valence-corrected chi connectivity index (χ3v) is 6.93. The van der Waals surface area contributed by atoms with Gasteiger partial charge in [-0.25, -0.2) is 4.99 Å². The number of rotatable bonds is 2. The number of carbonyl (C=O) groups is 1. The van der Waals surface area contributed by atoms with Crippen LogP contribution >= 0.6 is 43.6 Å².